The highest BCUT2D eigenvalue weighted by Crippen LogP contribution is 2.26. The molecule has 0 atom stereocenters. The molecule has 0 fully saturated rings. The summed E-state index contributed by atoms with van der Waals surface area (Å²) < 4.78 is 0.511. The van der Waals surface area contributed by atoms with E-state index in [4.69, 9.17) is 5.11 Å². The van der Waals surface area contributed by atoms with Gasteiger partial charge in [-0.15, -0.1) is 0 Å². The maximum atomic E-state index is 11.9. The maximum Gasteiger partial charge on any atom is 0.337 e. The lowest BCUT2D eigenvalue weighted by Gasteiger charge is -2.11. The van der Waals surface area contributed by atoms with Crippen LogP contribution in [-0.2, 0) is 6.54 Å². The Balaban J connectivity index is 2.05. The van der Waals surface area contributed by atoms with E-state index in [0.29, 0.717) is 11.0 Å². The lowest BCUT2D eigenvalue weighted by molar-refractivity contribution is 0.0698. The molecule has 6 heteroatoms. The molecule has 0 aliphatic carbocycles. The van der Waals surface area contributed by atoms with Crippen molar-refractivity contribution in [2.24, 2.45) is 0 Å². The standard InChI is InChI=1S/C15H13BrN2O3/c16-12-8-4-7-11(14(19)20)13(12)18-15(21)17-9-10-5-2-1-3-6-10/h1-8H,9H2,(H,19,20)(H2,17,18,21). The Hall–Kier alpha value is -2.34. The molecule has 3 N–H and O–H groups in total. The van der Waals surface area contributed by atoms with E-state index in [-0.39, 0.29) is 11.3 Å². The number of amides is 2. The number of nitrogens with one attached hydrogen (secondary N) is 2. The van der Waals surface area contributed by atoms with Crippen molar-refractivity contribution in [3.8, 4) is 0 Å². The van der Waals surface area contributed by atoms with E-state index in [0.717, 1.165) is 5.56 Å². The fourth-order valence-electron chi connectivity index (χ4n) is 1.77. The van der Waals surface area contributed by atoms with Crippen molar-refractivity contribution in [2.75, 3.05) is 5.32 Å². The van der Waals surface area contributed by atoms with Gasteiger partial charge in [0.25, 0.3) is 0 Å². The summed E-state index contributed by atoms with van der Waals surface area (Å²) in [5, 5.41) is 14.3. The number of halogens is 1. The van der Waals surface area contributed by atoms with Gasteiger partial charge in [0.05, 0.1) is 11.3 Å². The summed E-state index contributed by atoms with van der Waals surface area (Å²) in [5.74, 6) is -1.10. The summed E-state index contributed by atoms with van der Waals surface area (Å²) in [5.41, 5.74) is 1.22. The van der Waals surface area contributed by atoms with Crippen molar-refractivity contribution in [3.05, 3.63) is 64.1 Å². The number of hydrogen-bond acceptors (Lipinski definition) is 2. The molecular formula is C15H13BrN2O3. The van der Waals surface area contributed by atoms with Crippen LogP contribution in [0.1, 0.15) is 15.9 Å². The minimum absolute atomic E-state index is 0.0271. The number of hydrogen-bond donors (Lipinski definition) is 3. The van der Waals surface area contributed by atoms with Crippen LogP contribution in [0.5, 0.6) is 0 Å². The number of carboxylic acids is 1. The first kappa shape index (κ1) is 15.1. The van der Waals surface area contributed by atoms with Gasteiger partial charge in [0.15, 0.2) is 0 Å². The predicted molar refractivity (Wildman–Crippen MR) is 83.4 cm³/mol. The van der Waals surface area contributed by atoms with Gasteiger partial charge in [0, 0.05) is 11.0 Å². The highest BCUT2D eigenvalue weighted by atomic mass is 79.9. The zero-order valence-electron chi connectivity index (χ0n) is 11.0. The van der Waals surface area contributed by atoms with Crippen molar-refractivity contribution < 1.29 is 14.7 Å². The molecule has 0 aliphatic rings. The fourth-order valence-corrected chi connectivity index (χ4v) is 2.23. The van der Waals surface area contributed by atoms with Gasteiger partial charge in [-0.25, -0.2) is 9.59 Å². The minimum atomic E-state index is -1.10. The second kappa shape index (κ2) is 6.90. The number of urea groups is 1. The number of aromatic carboxylic acids is 1. The summed E-state index contributed by atoms with van der Waals surface area (Å²) >= 11 is 3.23. The quantitative estimate of drug-likeness (QED) is 0.791. The number of para-hydroxylation sites is 1. The lowest BCUT2D eigenvalue weighted by atomic mass is 10.2. The number of carboxylic acid groups (broad SMARTS) is 1. The van der Waals surface area contributed by atoms with Crippen LogP contribution in [0.15, 0.2) is 53.0 Å². The monoisotopic (exact) mass is 348 g/mol. The Labute approximate surface area is 130 Å². The third kappa shape index (κ3) is 4.06. The van der Waals surface area contributed by atoms with Crippen molar-refractivity contribution in [2.45, 2.75) is 6.54 Å². The van der Waals surface area contributed by atoms with E-state index in [2.05, 4.69) is 26.6 Å². The van der Waals surface area contributed by atoms with E-state index in [9.17, 15) is 9.59 Å². The average molecular weight is 349 g/mol. The molecule has 108 valence electrons. The van der Waals surface area contributed by atoms with E-state index < -0.39 is 12.0 Å². The molecule has 5 nitrogen and oxygen atoms in total. The third-order valence-electron chi connectivity index (χ3n) is 2.78. The summed E-state index contributed by atoms with van der Waals surface area (Å²) in [6, 6.07) is 13.7. The second-order valence-electron chi connectivity index (χ2n) is 4.26. The SMILES string of the molecule is O=C(NCc1ccccc1)Nc1c(Br)cccc1C(=O)O. The highest BCUT2D eigenvalue weighted by molar-refractivity contribution is 9.10. The molecule has 0 heterocycles. The van der Waals surface area contributed by atoms with Gasteiger partial charge in [0.1, 0.15) is 0 Å². The van der Waals surface area contributed by atoms with Gasteiger partial charge in [-0.05, 0) is 33.6 Å². The second-order valence-corrected chi connectivity index (χ2v) is 5.12. The summed E-state index contributed by atoms with van der Waals surface area (Å²) in [4.78, 5) is 23.0. The van der Waals surface area contributed by atoms with Crippen LogP contribution in [-0.4, -0.2) is 17.1 Å². The van der Waals surface area contributed by atoms with Crippen LogP contribution in [0.4, 0.5) is 10.5 Å². The average Bonchev–Trinajstić information content (AvgIpc) is 2.48. The molecule has 21 heavy (non-hydrogen) atoms. The van der Waals surface area contributed by atoms with Crippen LogP contribution in [0.2, 0.25) is 0 Å². The summed E-state index contributed by atoms with van der Waals surface area (Å²) in [7, 11) is 0. The molecular weight excluding hydrogens is 336 g/mol. The molecule has 2 aromatic rings. The maximum absolute atomic E-state index is 11.9. The van der Waals surface area contributed by atoms with Gasteiger partial charge >= 0.3 is 12.0 Å². The zero-order chi connectivity index (χ0) is 15.2. The summed E-state index contributed by atoms with van der Waals surface area (Å²) in [6.45, 7) is 0.361. The van der Waals surface area contributed by atoms with E-state index >= 15 is 0 Å². The molecule has 0 saturated carbocycles. The van der Waals surface area contributed by atoms with Crippen molar-refractivity contribution >= 4 is 33.6 Å². The van der Waals surface area contributed by atoms with Gasteiger partial charge in [-0.1, -0.05) is 36.4 Å². The Morgan fingerprint density at radius 3 is 2.43 bits per heavy atom. The Kier molecular flexibility index (Phi) is 4.94. The molecule has 2 amide bonds. The van der Waals surface area contributed by atoms with Crippen LogP contribution in [0, 0.1) is 0 Å². The number of rotatable bonds is 4. The van der Waals surface area contributed by atoms with E-state index in [1.165, 1.54) is 6.07 Å². The molecule has 0 unspecified atom stereocenters. The molecule has 0 spiro atoms. The van der Waals surface area contributed by atoms with Gasteiger partial charge in [-0.3, -0.25) is 0 Å². The largest absolute Gasteiger partial charge is 0.478 e. The first-order chi connectivity index (χ1) is 10.1. The number of carbonyl (C=O) groups excluding carboxylic acids is 1. The van der Waals surface area contributed by atoms with Crippen LogP contribution >= 0.6 is 15.9 Å². The number of benzene rings is 2. The van der Waals surface area contributed by atoms with Crippen LogP contribution in [0.3, 0.4) is 0 Å². The third-order valence-corrected chi connectivity index (χ3v) is 3.44. The normalized spacial score (nSPS) is 9.95. The van der Waals surface area contributed by atoms with Crippen LogP contribution in [0.25, 0.3) is 0 Å². The van der Waals surface area contributed by atoms with Gasteiger partial charge in [-0.2, -0.15) is 0 Å². The molecule has 0 aliphatic heterocycles. The topological polar surface area (TPSA) is 78.4 Å². The van der Waals surface area contributed by atoms with Gasteiger partial charge in [0.2, 0.25) is 0 Å². The molecule has 2 rings (SSSR count). The van der Waals surface area contributed by atoms with E-state index in [1.54, 1.807) is 12.1 Å². The first-order valence-electron chi connectivity index (χ1n) is 6.18. The number of anilines is 1. The zero-order valence-corrected chi connectivity index (χ0v) is 12.6. The van der Waals surface area contributed by atoms with Gasteiger partial charge < -0.3 is 15.7 Å². The fraction of sp³-hybridized carbons (Fsp3) is 0.0667. The lowest BCUT2D eigenvalue weighted by Crippen LogP contribution is -2.29. The highest BCUT2D eigenvalue weighted by Gasteiger charge is 2.14. The molecule has 0 radical (unpaired) electrons. The molecule has 2 aromatic carbocycles. The smallest absolute Gasteiger partial charge is 0.337 e. The van der Waals surface area contributed by atoms with Crippen molar-refractivity contribution in [3.63, 3.8) is 0 Å². The van der Waals surface area contributed by atoms with Crippen LogP contribution < -0.4 is 10.6 Å². The Bertz CT molecular complexity index is 659. The first-order valence-corrected chi connectivity index (χ1v) is 6.98. The number of carbonyl (C=O) groups is 2. The molecule has 0 bridgehead atoms. The van der Waals surface area contributed by atoms with Crippen molar-refractivity contribution in [1.29, 1.82) is 0 Å². The Morgan fingerprint density at radius 2 is 1.76 bits per heavy atom. The molecule has 0 saturated heterocycles. The van der Waals surface area contributed by atoms with E-state index in [1.807, 2.05) is 30.3 Å². The van der Waals surface area contributed by atoms with Crippen molar-refractivity contribution in [1.82, 2.24) is 5.32 Å². The Morgan fingerprint density at radius 1 is 1.05 bits per heavy atom. The molecule has 0 aromatic heterocycles. The minimum Gasteiger partial charge on any atom is -0.478 e. The predicted octanol–water partition coefficient (Wildman–Crippen LogP) is 3.47. The summed E-state index contributed by atoms with van der Waals surface area (Å²) in [6.07, 6.45) is 0.